The molecule has 0 spiro atoms. The molecule has 0 bridgehead atoms. The molecule has 1 unspecified atom stereocenters. The first kappa shape index (κ1) is 15.0. The molecule has 1 rings (SSSR count). The van der Waals surface area contributed by atoms with E-state index < -0.39 is 9.71 Å². The number of hydrogen-bond donors (Lipinski definition) is 1. The van der Waals surface area contributed by atoms with Gasteiger partial charge in [-0.25, -0.2) is 4.72 Å². The van der Waals surface area contributed by atoms with Crippen LogP contribution in [0.25, 0.3) is 0 Å². The van der Waals surface area contributed by atoms with E-state index in [-0.39, 0.29) is 0 Å². The van der Waals surface area contributed by atoms with Crippen LogP contribution in [0.15, 0.2) is 0 Å². The van der Waals surface area contributed by atoms with Crippen LogP contribution in [0.5, 0.6) is 0 Å². The Balaban J connectivity index is 2.24. The van der Waals surface area contributed by atoms with Crippen LogP contribution in [-0.4, -0.2) is 46.4 Å². The minimum absolute atomic E-state index is 0.300. The van der Waals surface area contributed by atoms with Gasteiger partial charge in [-0.15, -0.1) is 0 Å². The van der Waals surface area contributed by atoms with Gasteiger partial charge < -0.3 is 0 Å². The van der Waals surface area contributed by atoms with Gasteiger partial charge in [-0.2, -0.15) is 0 Å². The van der Waals surface area contributed by atoms with Crippen molar-refractivity contribution in [3.8, 4) is 0 Å². The normalized spacial score (nSPS) is 23.5. The van der Waals surface area contributed by atoms with Crippen LogP contribution < -0.4 is 4.72 Å². The Morgan fingerprint density at radius 1 is 1.35 bits per heavy atom. The molecule has 4 heteroatoms. The Hall–Kier alpha value is -0.0600. The predicted molar refractivity (Wildman–Crippen MR) is 77.9 cm³/mol. The van der Waals surface area contributed by atoms with Gasteiger partial charge in [0.1, 0.15) is 0 Å². The SMILES string of the molecule is C=S(C)(=O)NCCC1CCN(C(C)(C)C)CC1. The van der Waals surface area contributed by atoms with Gasteiger partial charge in [-0.05, 0) is 64.9 Å². The number of nitrogens with zero attached hydrogens (tertiary/aromatic N) is 1. The Morgan fingerprint density at radius 2 is 1.88 bits per heavy atom. The van der Waals surface area contributed by atoms with Gasteiger partial charge in [-0.1, -0.05) is 0 Å². The number of nitrogens with one attached hydrogen (secondary N) is 1. The van der Waals surface area contributed by atoms with Crippen LogP contribution >= 0.6 is 0 Å². The summed E-state index contributed by atoms with van der Waals surface area (Å²) in [5.41, 5.74) is 0.300. The average molecular weight is 260 g/mol. The maximum absolute atomic E-state index is 11.4. The van der Waals surface area contributed by atoms with Gasteiger partial charge in [0, 0.05) is 28.0 Å². The van der Waals surface area contributed by atoms with Crippen molar-refractivity contribution in [1.29, 1.82) is 0 Å². The smallest absolute Gasteiger partial charge is 0.0219 e. The van der Waals surface area contributed by atoms with Crippen molar-refractivity contribution < 1.29 is 4.21 Å². The zero-order chi connectivity index (χ0) is 13.1. The standard InChI is InChI=1S/C13H28N2OS/c1-13(2,3)15-10-7-12(8-11-15)6-9-14-17(4,5)16/h12H,4,6-11H2,1-3,5H3,(H,14,16). The van der Waals surface area contributed by atoms with Gasteiger partial charge in [0.05, 0.1) is 0 Å². The van der Waals surface area contributed by atoms with Crippen molar-refractivity contribution in [2.24, 2.45) is 5.92 Å². The van der Waals surface area contributed by atoms with Crippen molar-refractivity contribution in [2.75, 3.05) is 25.9 Å². The summed E-state index contributed by atoms with van der Waals surface area (Å²) >= 11 is 0. The molecule has 1 atom stereocenters. The molecule has 0 aromatic heterocycles. The van der Waals surface area contributed by atoms with Crippen molar-refractivity contribution >= 4 is 15.6 Å². The van der Waals surface area contributed by atoms with E-state index in [0.717, 1.165) is 18.9 Å². The van der Waals surface area contributed by atoms with Gasteiger partial charge in [0.25, 0.3) is 0 Å². The fourth-order valence-corrected chi connectivity index (χ4v) is 2.92. The Morgan fingerprint density at radius 3 is 2.29 bits per heavy atom. The molecule has 0 aliphatic carbocycles. The fourth-order valence-electron chi connectivity index (χ4n) is 2.37. The van der Waals surface area contributed by atoms with Gasteiger partial charge in [0.15, 0.2) is 0 Å². The van der Waals surface area contributed by atoms with Gasteiger partial charge in [0.2, 0.25) is 0 Å². The van der Waals surface area contributed by atoms with Crippen molar-refractivity contribution in [3.05, 3.63) is 0 Å². The van der Waals surface area contributed by atoms with E-state index in [1.807, 2.05) is 0 Å². The monoisotopic (exact) mass is 260 g/mol. The molecule has 0 amide bonds. The molecule has 0 aromatic rings. The van der Waals surface area contributed by atoms with Crippen LogP contribution in [0.3, 0.4) is 0 Å². The molecule has 0 radical (unpaired) electrons. The lowest BCUT2D eigenvalue weighted by atomic mass is 9.91. The van der Waals surface area contributed by atoms with E-state index in [4.69, 9.17) is 0 Å². The summed E-state index contributed by atoms with van der Waals surface area (Å²) in [6.45, 7) is 10.1. The highest BCUT2D eigenvalue weighted by Crippen LogP contribution is 2.25. The lowest BCUT2D eigenvalue weighted by molar-refractivity contribution is 0.0858. The third-order valence-corrected chi connectivity index (χ3v) is 4.34. The van der Waals surface area contributed by atoms with E-state index >= 15 is 0 Å². The second-order valence-electron chi connectivity index (χ2n) is 6.29. The highest BCUT2D eigenvalue weighted by atomic mass is 32.2. The Labute approximate surface area is 107 Å². The fraction of sp³-hybridized carbons (Fsp3) is 0.923. The topological polar surface area (TPSA) is 32.3 Å². The first-order chi connectivity index (χ1) is 7.68. The van der Waals surface area contributed by atoms with E-state index in [2.05, 4.69) is 36.3 Å². The average Bonchev–Trinajstić information content (AvgIpc) is 2.15. The highest BCUT2D eigenvalue weighted by Gasteiger charge is 2.26. The first-order valence-corrected chi connectivity index (χ1v) is 8.64. The molecule has 1 aliphatic rings. The quantitative estimate of drug-likeness (QED) is 0.781. The van der Waals surface area contributed by atoms with Crippen molar-refractivity contribution in [1.82, 2.24) is 9.62 Å². The lowest BCUT2D eigenvalue weighted by Crippen LogP contribution is -2.46. The second kappa shape index (κ2) is 5.72. The summed E-state index contributed by atoms with van der Waals surface area (Å²) in [5, 5.41) is 0. The third-order valence-electron chi connectivity index (χ3n) is 3.52. The van der Waals surface area contributed by atoms with E-state index in [1.165, 1.54) is 25.9 Å². The molecule has 0 saturated carbocycles. The predicted octanol–water partition coefficient (Wildman–Crippen LogP) is 1.74. The lowest BCUT2D eigenvalue weighted by Gasteiger charge is -2.41. The van der Waals surface area contributed by atoms with Crippen LogP contribution in [0, 0.1) is 5.92 Å². The molecule has 17 heavy (non-hydrogen) atoms. The van der Waals surface area contributed by atoms with Gasteiger partial charge in [-0.3, -0.25) is 9.11 Å². The highest BCUT2D eigenvalue weighted by molar-refractivity contribution is 7.97. The number of hydrogen-bond acceptors (Lipinski definition) is 2. The molecule has 102 valence electrons. The van der Waals surface area contributed by atoms with Crippen LogP contribution in [0.1, 0.15) is 40.0 Å². The van der Waals surface area contributed by atoms with Crippen LogP contribution in [-0.2, 0) is 9.71 Å². The largest absolute Gasteiger partial charge is 0.298 e. The summed E-state index contributed by atoms with van der Waals surface area (Å²) in [5.74, 6) is 4.39. The Bertz CT molecular complexity index is 322. The minimum Gasteiger partial charge on any atom is -0.298 e. The summed E-state index contributed by atoms with van der Waals surface area (Å²) < 4.78 is 14.4. The van der Waals surface area contributed by atoms with Crippen LogP contribution in [0.4, 0.5) is 0 Å². The molecule has 3 nitrogen and oxygen atoms in total. The van der Waals surface area contributed by atoms with Gasteiger partial charge >= 0.3 is 0 Å². The second-order valence-corrected chi connectivity index (χ2v) is 8.59. The molecular weight excluding hydrogens is 232 g/mol. The summed E-state index contributed by atoms with van der Waals surface area (Å²) in [6.07, 6.45) is 5.32. The summed E-state index contributed by atoms with van der Waals surface area (Å²) in [6, 6.07) is 0. The maximum Gasteiger partial charge on any atom is 0.0219 e. The van der Waals surface area contributed by atoms with E-state index in [0.29, 0.717) is 5.54 Å². The van der Waals surface area contributed by atoms with Crippen LogP contribution in [0.2, 0.25) is 0 Å². The maximum atomic E-state index is 11.4. The zero-order valence-electron chi connectivity index (χ0n) is 11.8. The molecule has 1 fully saturated rings. The minimum atomic E-state index is -2.02. The van der Waals surface area contributed by atoms with Crippen molar-refractivity contribution in [3.63, 3.8) is 0 Å². The summed E-state index contributed by atoms with van der Waals surface area (Å²) in [4.78, 5) is 2.56. The van der Waals surface area contributed by atoms with E-state index in [1.54, 1.807) is 6.26 Å². The molecule has 1 heterocycles. The van der Waals surface area contributed by atoms with E-state index in [9.17, 15) is 4.21 Å². The molecule has 1 saturated heterocycles. The first-order valence-electron chi connectivity index (χ1n) is 6.50. The Kier molecular flexibility index (Phi) is 5.05. The third kappa shape index (κ3) is 5.89. The number of rotatable bonds is 4. The zero-order valence-corrected chi connectivity index (χ0v) is 12.6. The molecule has 0 aromatic carbocycles. The van der Waals surface area contributed by atoms with Crippen molar-refractivity contribution in [2.45, 2.75) is 45.6 Å². The number of likely N-dealkylation sites (tertiary alicyclic amines) is 1. The summed E-state index contributed by atoms with van der Waals surface area (Å²) in [7, 11) is -2.02. The molecular formula is C13H28N2OS. The molecule has 1 aliphatic heterocycles. The number of piperidine rings is 1. The molecule has 1 N–H and O–H groups in total.